The molecule has 1 atom stereocenters. The highest BCUT2D eigenvalue weighted by atomic mass is 16.5. The third kappa shape index (κ3) is 4.73. The first-order valence-corrected chi connectivity index (χ1v) is 7.09. The molecule has 1 saturated heterocycles. The molecule has 4 nitrogen and oxygen atoms in total. The summed E-state index contributed by atoms with van der Waals surface area (Å²) < 4.78 is 5.68. The van der Waals surface area contributed by atoms with Crippen molar-refractivity contribution in [2.24, 2.45) is 5.92 Å². The average molecular weight is 264 g/mol. The molecular formula is C15H24N2O2. The molecule has 0 saturated carbocycles. The second kappa shape index (κ2) is 7.36. The Hall–Kier alpha value is -1.26. The van der Waals surface area contributed by atoms with Gasteiger partial charge in [0, 0.05) is 31.5 Å². The van der Waals surface area contributed by atoms with E-state index in [1.807, 2.05) is 24.3 Å². The first-order chi connectivity index (χ1) is 9.28. The molecule has 0 bridgehead atoms. The van der Waals surface area contributed by atoms with E-state index in [0.717, 1.165) is 43.9 Å². The minimum absolute atomic E-state index is 0.316. The number of likely N-dealkylation sites (tertiary alicyclic amines) is 1. The number of nitrogen functional groups attached to an aromatic ring is 1. The Kier molecular flexibility index (Phi) is 5.48. The van der Waals surface area contributed by atoms with Crippen LogP contribution in [0.25, 0.3) is 0 Å². The van der Waals surface area contributed by atoms with E-state index in [2.05, 4.69) is 4.90 Å². The molecule has 1 aliphatic heterocycles. The number of aliphatic hydroxyl groups is 1. The van der Waals surface area contributed by atoms with Crippen molar-refractivity contribution in [1.29, 1.82) is 0 Å². The van der Waals surface area contributed by atoms with Crippen LogP contribution >= 0.6 is 0 Å². The molecule has 0 amide bonds. The molecule has 1 fully saturated rings. The van der Waals surface area contributed by atoms with Gasteiger partial charge in [0.25, 0.3) is 0 Å². The van der Waals surface area contributed by atoms with E-state index in [1.54, 1.807) is 0 Å². The van der Waals surface area contributed by atoms with Gasteiger partial charge in [0.1, 0.15) is 5.75 Å². The van der Waals surface area contributed by atoms with Gasteiger partial charge in [0.15, 0.2) is 0 Å². The summed E-state index contributed by atoms with van der Waals surface area (Å²) in [5, 5.41) is 9.19. The van der Waals surface area contributed by atoms with Crippen molar-refractivity contribution in [3.05, 3.63) is 24.3 Å². The van der Waals surface area contributed by atoms with Crippen LogP contribution in [0.15, 0.2) is 24.3 Å². The highest BCUT2D eigenvalue weighted by Gasteiger charge is 2.18. The number of aliphatic hydroxyl groups excluding tert-OH is 1. The van der Waals surface area contributed by atoms with Crippen LogP contribution in [0.3, 0.4) is 0 Å². The number of ether oxygens (including phenoxy) is 1. The fourth-order valence-corrected chi connectivity index (χ4v) is 2.59. The molecule has 106 valence electrons. The number of benzene rings is 1. The van der Waals surface area contributed by atoms with E-state index in [-0.39, 0.29) is 0 Å². The summed E-state index contributed by atoms with van der Waals surface area (Å²) in [4.78, 5) is 2.42. The van der Waals surface area contributed by atoms with Gasteiger partial charge in [0.2, 0.25) is 0 Å². The van der Waals surface area contributed by atoms with Crippen LogP contribution in [0.2, 0.25) is 0 Å². The Morgan fingerprint density at radius 2 is 2.32 bits per heavy atom. The van der Waals surface area contributed by atoms with Gasteiger partial charge in [-0.3, -0.25) is 0 Å². The van der Waals surface area contributed by atoms with Crippen molar-refractivity contribution in [2.45, 2.75) is 19.3 Å². The SMILES string of the molecule is Nc1cccc(OCCCN2CCCC(CO)C2)c1. The third-order valence-electron chi connectivity index (χ3n) is 3.61. The normalized spacial score (nSPS) is 20.4. The second-order valence-corrected chi connectivity index (χ2v) is 5.27. The van der Waals surface area contributed by atoms with Crippen LogP contribution in [0.4, 0.5) is 5.69 Å². The van der Waals surface area contributed by atoms with E-state index in [9.17, 15) is 5.11 Å². The molecule has 1 aromatic rings. The largest absolute Gasteiger partial charge is 0.493 e. The highest BCUT2D eigenvalue weighted by molar-refractivity contribution is 5.43. The third-order valence-corrected chi connectivity index (χ3v) is 3.61. The van der Waals surface area contributed by atoms with Crippen LogP contribution in [0.5, 0.6) is 5.75 Å². The van der Waals surface area contributed by atoms with E-state index in [1.165, 1.54) is 6.42 Å². The van der Waals surface area contributed by atoms with Gasteiger partial charge in [0.05, 0.1) is 6.61 Å². The molecule has 1 heterocycles. The molecule has 1 unspecified atom stereocenters. The lowest BCUT2D eigenvalue weighted by atomic mass is 9.99. The Labute approximate surface area is 115 Å². The smallest absolute Gasteiger partial charge is 0.121 e. The highest BCUT2D eigenvalue weighted by Crippen LogP contribution is 2.17. The molecule has 1 aromatic carbocycles. The van der Waals surface area contributed by atoms with Gasteiger partial charge in [-0.1, -0.05) is 6.07 Å². The zero-order valence-electron chi connectivity index (χ0n) is 11.4. The molecule has 0 radical (unpaired) electrons. The van der Waals surface area contributed by atoms with Gasteiger partial charge in [-0.05, 0) is 43.9 Å². The number of nitrogens with zero attached hydrogens (tertiary/aromatic N) is 1. The van der Waals surface area contributed by atoms with Crippen molar-refractivity contribution in [2.75, 3.05) is 38.6 Å². The van der Waals surface area contributed by atoms with Crippen LogP contribution in [0, 0.1) is 5.92 Å². The van der Waals surface area contributed by atoms with Gasteiger partial charge < -0.3 is 20.5 Å². The van der Waals surface area contributed by atoms with E-state index >= 15 is 0 Å². The van der Waals surface area contributed by atoms with Gasteiger partial charge in [-0.15, -0.1) is 0 Å². The van der Waals surface area contributed by atoms with Crippen LogP contribution in [-0.2, 0) is 0 Å². The quantitative estimate of drug-likeness (QED) is 0.607. The number of anilines is 1. The van der Waals surface area contributed by atoms with Gasteiger partial charge >= 0.3 is 0 Å². The number of rotatable bonds is 6. The molecule has 0 aliphatic carbocycles. The minimum Gasteiger partial charge on any atom is -0.493 e. The lowest BCUT2D eigenvalue weighted by molar-refractivity contribution is 0.115. The first kappa shape index (κ1) is 14.2. The maximum atomic E-state index is 9.19. The molecular weight excluding hydrogens is 240 g/mol. The van der Waals surface area contributed by atoms with Crippen LogP contribution in [-0.4, -0.2) is 42.9 Å². The van der Waals surface area contributed by atoms with Crippen molar-refractivity contribution in [3.63, 3.8) is 0 Å². The maximum absolute atomic E-state index is 9.19. The van der Waals surface area contributed by atoms with Crippen molar-refractivity contribution in [1.82, 2.24) is 4.90 Å². The first-order valence-electron chi connectivity index (χ1n) is 7.09. The number of hydrogen-bond donors (Lipinski definition) is 2. The summed E-state index contributed by atoms with van der Waals surface area (Å²) in [7, 11) is 0. The zero-order chi connectivity index (χ0) is 13.5. The van der Waals surface area contributed by atoms with E-state index < -0.39 is 0 Å². The van der Waals surface area contributed by atoms with Gasteiger partial charge in [-0.25, -0.2) is 0 Å². The molecule has 3 N–H and O–H groups in total. The minimum atomic E-state index is 0.316. The fourth-order valence-electron chi connectivity index (χ4n) is 2.59. The standard InChI is InChI=1S/C15H24N2O2/c16-14-5-1-6-15(10-14)19-9-3-8-17-7-2-4-13(11-17)12-18/h1,5-6,10,13,18H,2-4,7-9,11-12,16H2. The predicted molar refractivity (Wildman–Crippen MR) is 77.2 cm³/mol. The fraction of sp³-hybridized carbons (Fsp3) is 0.600. The summed E-state index contributed by atoms with van der Waals surface area (Å²) in [6, 6.07) is 7.54. The molecule has 0 aromatic heterocycles. The summed E-state index contributed by atoms with van der Waals surface area (Å²) in [5.41, 5.74) is 6.43. The number of piperidine rings is 1. The Bertz CT molecular complexity index is 384. The summed E-state index contributed by atoms with van der Waals surface area (Å²) in [5.74, 6) is 1.30. The average Bonchev–Trinajstić information content (AvgIpc) is 2.44. The Morgan fingerprint density at radius 1 is 1.42 bits per heavy atom. The van der Waals surface area contributed by atoms with Crippen molar-refractivity contribution in [3.8, 4) is 5.75 Å². The van der Waals surface area contributed by atoms with Crippen molar-refractivity contribution < 1.29 is 9.84 Å². The predicted octanol–water partition coefficient (Wildman–Crippen LogP) is 1.74. The summed E-state index contributed by atoms with van der Waals surface area (Å²) in [6.45, 7) is 4.24. The molecule has 0 spiro atoms. The molecule has 2 rings (SSSR count). The van der Waals surface area contributed by atoms with Crippen molar-refractivity contribution >= 4 is 5.69 Å². The van der Waals surface area contributed by atoms with E-state index in [0.29, 0.717) is 19.1 Å². The Morgan fingerprint density at radius 3 is 3.11 bits per heavy atom. The molecule has 19 heavy (non-hydrogen) atoms. The lowest BCUT2D eigenvalue weighted by Crippen LogP contribution is -2.37. The van der Waals surface area contributed by atoms with Crippen LogP contribution in [0.1, 0.15) is 19.3 Å². The Balaban J connectivity index is 1.64. The zero-order valence-corrected chi connectivity index (χ0v) is 11.4. The van der Waals surface area contributed by atoms with Gasteiger partial charge in [-0.2, -0.15) is 0 Å². The lowest BCUT2D eigenvalue weighted by Gasteiger charge is -2.31. The van der Waals surface area contributed by atoms with E-state index in [4.69, 9.17) is 10.5 Å². The van der Waals surface area contributed by atoms with Crippen LogP contribution < -0.4 is 10.5 Å². The number of nitrogens with two attached hydrogens (primary N) is 1. The topological polar surface area (TPSA) is 58.7 Å². The molecule has 1 aliphatic rings. The second-order valence-electron chi connectivity index (χ2n) is 5.27. The maximum Gasteiger partial charge on any atom is 0.121 e. The molecule has 4 heteroatoms. The monoisotopic (exact) mass is 264 g/mol. The summed E-state index contributed by atoms with van der Waals surface area (Å²) in [6.07, 6.45) is 3.36. The summed E-state index contributed by atoms with van der Waals surface area (Å²) >= 11 is 0. The number of hydrogen-bond acceptors (Lipinski definition) is 4.